The van der Waals surface area contributed by atoms with Gasteiger partial charge in [-0.3, -0.25) is 0 Å². The molecule has 0 radical (unpaired) electrons. The maximum atomic E-state index is 3.87. The average Bonchev–Trinajstić information content (AvgIpc) is 1.91. The number of nitrogens with zero attached hydrogens (tertiary/aromatic N) is 1. The zero-order chi connectivity index (χ0) is 7.11. The molecule has 0 aliphatic rings. The van der Waals surface area contributed by atoms with Crippen molar-refractivity contribution in [2.45, 2.75) is 20.3 Å². The van der Waals surface area contributed by atoms with Crippen LogP contribution in [0.4, 0.5) is 0 Å². The van der Waals surface area contributed by atoms with Gasteiger partial charge in [0.1, 0.15) is 0 Å². The highest BCUT2D eigenvalue weighted by molar-refractivity contribution is 5.77. The summed E-state index contributed by atoms with van der Waals surface area (Å²) in [5, 5.41) is 3.87. The van der Waals surface area contributed by atoms with E-state index in [1.165, 1.54) is 5.57 Å². The third-order valence-electron chi connectivity index (χ3n) is 1.14. The number of hydrazone groups is 1. The van der Waals surface area contributed by atoms with E-state index < -0.39 is 0 Å². The molecule has 0 saturated heterocycles. The predicted octanol–water partition coefficient (Wildman–Crippen LogP) is 1.55. The largest absolute Gasteiger partial charge is 0.313 e. The minimum atomic E-state index is 1.04. The van der Waals surface area contributed by atoms with E-state index in [0.29, 0.717) is 0 Å². The van der Waals surface area contributed by atoms with Crippen LogP contribution in [0.1, 0.15) is 20.3 Å². The number of allylic oxidation sites excluding steroid dienone is 2. The normalized spacial score (nSPS) is 12.6. The lowest BCUT2D eigenvalue weighted by Crippen LogP contribution is -1.94. The maximum Gasteiger partial charge on any atom is 0.0496 e. The van der Waals surface area contributed by atoms with Gasteiger partial charge in [-0.25, -0.2) is 0 Å². The minimum absolute atomic E-state index is 1.04. The molecule has 2 nitrogen and oxygen atoms in total. The van der Waals surface area contributed by atoms with Crippen molar-refractivity contribution in [1.82, 2.24) is 5.43 Å². The lowest BCUT2D eigenvalue weighted by Gasteiger charge is -1.91. The molecule has 0 saturated carbocycles. The van der Waals surface area contributed by atoms with E-state index >= 15 is 0 Å². The molecule has 0 unspecified atom stereocenters. The minimum Gasteiger partial charge on any atom is -0.313 e. The molecule has 2 heteroatoms. The standard InChI is InChI=1S/C7H14N2/c1-4-7(5-2)6-9-8-3/h4,6,8H,5H2,1-3H3/b7-4-,9-6-. The first-order valence-electron chi connectivity index (χ1n) is 3.20. The number of hydrogen-bond acceptors (Lipinski definition) is 2. The van der Waals surface area contributed by atoms with Crippen molar-refractivity contribution in [1.29, 1.82) is 0 Å². The first kappa shape index (κ1) is 8.21. The fourth-order valence-electron chi connectivity index (χ4n) is 0.517. The number of hydrogen-bond donors (Lipinski definition) is 1. The second kappa shape index (κ2) is 5.35. The molecule has 0 aromatic carbocycles. The van der Waals surface area contributed by atoms with Crippen molar-refractivity contribution < 1.29 is 0 Å². The van der Waals surface area contributed by atoms with E-state index in [1.807, 2.05) is 13.1 Å². The quantitative estimate of drug-likeness (QED) is 0.450. The Morgan fingerprint density at radius 2 is 2.33 bits per heavy atom. The molecular formula is C7H14N2. The third-order valence-corrected chi connectivity index (χ3v) is 1.14. The smallest absolute Gasteiger partial charge is 0.0496 e. The summed E-state index contributed by atoms with van der Waals surface area (Å²) in [5.41, 5.74) is 3.95. The molecule has 0 rings (SSSR count). The van der Waals surface area contributed by atoms with E-state index in [9.17, 15) is 0 Å². The summed E-state index contributed by atoms with van der Waals surface area (Å²) in [7, 11) is 1.79. The monoisotopic (exact) mass is 126 g/mol. The molecule has 9 heavy (non-hydrogen) atoms. The molecule has 0 amide bonds. The van der Waals surface area contributed by atoms with Gasteiger partial charge in [-0.2, -0.15) is 5.10 Å². The molecule has 0 aliphatic heterocycles. The zero-order valence-corrected chi connectivity index (χ0v) is 6.31. The first-order chi connectivity index (χ1) is 4.35. The highest BCUT2D eigenvalue weighted by Crippen LogP contribution is 1.93. The summed E-state index contributed by atoms with van der Waals surface area (Å²) < 4.78 is 0. The summed E-state index contributed by atoms with van der Waals surface area (Å²) in [6.45, 7) is 4.12. The highest BCUT2D eigenvalue weighted by atomic mass is 15.3. The van der Waals surface area contributed by atoms with Crippen LogP contribution in [0.2, 0.25) is 0 Å². The predicted molar refractivity (Wildman–Crippen MR) is 41.6 cm³/mol. The van der Waals surface area contributed by atoms with Gasteiger partial charge < -0.3 is 5.43 Å². The Bertz CT molecular complexity index is 114. The van der Waals surface area contributed by atoms with Crippen LogP contribution in [0.3, 0.4) is 0 Å². The van der Waals surface area contributed by atoms with Gasteiger partial charge in [-0.05, 0) is 18.9 Å². The van der Waals surface area contributed by atoms with Crippen LogP contribution >= 0.6 is 0 Å². The Morgan fingerprint density at radius 3 is 2.67 bits per heavy atom. The Balaban J connectivity index is 3.70. The molecule has 52 valence electrons. The number of rotatable bonds is 3. The van der Waals surface area contributed by atoms with Gasteiger partial charge in [0.15, 0.2) is 0 Å². The van der Waals surface area contributed by atoms with Crippen LogP contribution in [0.5, 0.6) is 0 Å². The highest BCUT2D eigenvalue weighted by Gasteiger charge is 1.82. The summed E-state index contributed by atoms with van der Waals surface area (Å²) in [4.78, 5) is 0. The molecule has 0 heterocycles. The molecule has 0 aromatic heterocycles. The van der Waals surface area contributed by atoms with Gasteiger partial charge in [-0.1, -0.05) is 13.0 Å². The van der Waals surface area contributed by atoms with Crippen molar-refractivity contribution in [2.24, 2.45) is 5.10 Å². The maximum absolute atomic E-state index is 3.87. The molecule has 0 bridgehead atoms. The Labute approximate surface area is 56.7 Å². The van der Waals surface area contributed by atoms with E-state index in [0.717, 1.165) is 6.42 Å². The topological polar surface area (TPSA) is 24.4 Å². The fraction of sp³-hybridized carbons (Fsp3) is 0.571. The van der Waals surface area contributed by atoms with E-state index in [2.05, 4.69) is 23.5 Å². The molecule has 0 spiro atoms. The molecule has 0 atom stereocenters. The molecule has 0 aliphatic carbocycles. The molecule has 0 fully saturated rings. The van der Waals surface area contributed by atoms with Gasteiger partial charge in [0.25, 0.3) is 0 Å². The first-order valence-corrected chi connectivity index (χ1v) is 3.20. The van der Waals surface area contributed by atoms with Crippen molar-refractivity contribution in [3.8, 4) is 0 Å². The molecular weight excluding hydrogens is 112 g/mol. The molecule has 1 N–H and O–H groups in total. The summed E-state index contributed by atoms with van der Waals surface area (Å²) in [6, 6.07) is 0. The van der Waals surface area contributed by atoms with Crippen LogP contribution in [-0.4, -0.2) is 13.3 Å². The van der Waals surface area contributed by atoms with Crippen LogP contribution < -0.4 is 5.43 Å². The summed E-state index contributed by atoms with van der Waals surface area (Å²) >= 11 is 0. The fourth-order valence-corrected chi connectivity index (χ4v) is 0.517. The SMILES string of the molecule is C/C=C(\C=N/NC)CC. The zero-order valence-electron chi connectivity index (χ0n) is 6.31. The van der Waals surface area contributed by atoms with Crippen molar-refractivity contribution in [2.75, 3.05) is 7.05 Å². The summed E-state index contributed by atoms with van der Waals surface area (Å²) in [5.74, 6) is 0. The lowest BCUT2D eigenvalue weighted by atomic mass is 10.2. The van der Waals surface area contributed by atoms with Crippen LogP contribution in [0, 0.1) is 0 Å². The second-order valence-electron chi connectivity index (χ2n) is 1.70. The van der Waals surface area contributed by atoms with E-state index in [1.54, 1.807) is 7.05 Å². The van der Waals surface area contributed by atoms with Crippen LogP contribution in [0.15, 0.2) is 16.8 Å². The number of nitrogens with one attached hydrogen (secondary N) is 1. The van der Waals surface area contributed by atoms with Crippen molar-refractivity contribution in [3.05, 3.63) is 11.6 Å². The second-order valence-corrected chi connectivity index (χ2v) is 1.70. The van der Waals surface area contributed by atoms with Gasteiger partial charge in [-0.15, -0.1) is 0 Å². The van der Waals surface area contributed by atoms with Crippen molar-refractivity contribution in [3.63, 3.8) is 0 Å². The van der Waals surface area contributed by atoms with E-state index in [-0.39, 0.29) is 0 Å². The van der Waals surface area contributed by atoms with Gasteiger partial charge >= 0.3 is 0 Å². The average molecular weight is 126 g/mol. The van der Waals surface area contributed by atoms with Crippen molar-refractivity contribution >= 4 is 6.21 Å². The third kappa shape index (κ3) is 3.76. The molecule has 0 aromatic rings. The van der Waals surface area contributed by atoms with Crippen LogP contribution in [-0.2, 0) is 0 Å². The summed E-state index contributed by atoms with van der Waals surface area (Å²) in [6.07, 6.45) is 4.93. The Morgan fingerprint density at radius 1 is 1.67 bits per heavy atom. The Kier molecular flexibility index (Phi) is 4.88. The van der Waals surface area contributed by atoms with E-state index in [4.69, 9.17) is 0 Å². The van der Waals surface area contributed by atoms with Crippen LogP contribution in [0.25, 0.3) is 0 Å². The Hall–Kier alpha value is -0.790. The van der Waals surface area contributed by atoms with Gasteiger partial charge in [0.2, 0.25) is 0 Å². The van der Waals surface area contributed by atoms with Gasteiger partial charge in [0.05, 0.1) is 0 Å². The lowest BCUT2D eigenvalue weighted by molar-refractivity contribution is 0.905. The van der Waals surface area contributed by atoms with Gasteiger partial charge in [0, 0.05) is 13.3 Å².